The summed E-state index contributed by atoms with van der Waals surface area (Å²) in [4.78, 5) is 4.39. The van der Waals surface area contributed by atoms with Crippen LogP contribution < -0.4 is 10.6 Å². The maximum atomic E-state index is 9.46. The van der Waals surface area contributed by atoms with E-state index in [9.17, 15) is 5.11 Å². The standard InChI is InChI=1S/C8H11NO3/c1-11-7-4-2-3-6(5-12-9)8(7)10/h2-4,10H,5,9H2,1H3. The summed E-state index contributed by atoms with van der Waals surface area (Å²) >= 11 is 0. The zero-order valence-electron chi connectivity index (χ0n) is 6.78. The Morgan fingerprint density at radius 1 is 1.50 bits per heavy atom. The summed E-state index contributed by atoms with van der Waals surface area (Å²) in [5.41, 5.74) is 0.608. The highest BCUT2D eigenvalue weighted by molar-refractivity contribution is 5.44. The number of nitrogens with two attached hydrogens (primary N) is 1. The third kappa shape index (κ3) is 1.66. The predicted octanol–water partition coefficient (Wildman–Crippen LogP) is 0.791. The molecule has 0 saturated heterocycles. The average molecular weight is 169 g/mol. The van der Waals surface area contributed by atoms with Gasteiger partial charge in [-0.3, -0.25) is 4.84 Å². The first-order chi connectivity index (χ1) is 5.79. The average Bonchev–Trinajstić information content (AvgIpc) is 2.09. The van der Waals surface area contributed by atoms with Crippen LogP contribution in [0.15, 0.2) is 18.2 Å². The van der Waals surface area contributed by atoms with Crippen molar-refractivity contribution in [3.8, 4) is 11.5 Å². The highest BCUT2D eigenvalue weighted by Gasteiger charge is 2.05. The van der Waals surface area contributed by atoms with Crippen LogP contribution in [0, 0.1) is 0 Å². The van der Waals surface area contributed by atoms with Crippen LogP contribution in [0.5, 0.6) is 11.5 Å². The number of rotatable bonds is 3. The Labute approximate surface area is 70.5 Å². The lowest BCUT2D eigenvalue weighted by Crippen LogP contribution is -1.99. The number of hydrogen-bond donors (Lipinski definition) is 2. The van der Waals surface area contributed by atoms with Gasteiger partial charge in [0.15, 0.2) is 11.5 Å². The fourth-order valence-corrected chi connectivity index (χ4v) is 0.939. The van der Waals surface area contributed by atoms with Gasteiger partial charge in [-0.1, -0.05) is 12.1 Å². The summed E-state index contributed by atoms with van der Waals surface area (Å²) in [6.45, 7) is 0.170. The molecule has 0 aliphatic heterocycles. The number of hydrogen-bond acceptors (Lipinski definition) is 4. The third-order valence-corrected chi connectivity index (χ3v) is 1.54. The first-order valence-corrected chi connectivity index (χ1v) is 3.46. The molecule has 4 heteroatoms. The van der Waals surface area contributed by atoms with Gasteiger partial charge in [0.25, 0.3) is 0 Å². The van der Waals surface area contributed by atoms with Crippen LogP contribution in [0.4, 0.5) is 0 Å². The number of para-hydroxylation sites is 1. The summed E-state index contributed by atoms with van der Waals surface area (Å²) in [7, 11) is 1.49. The van der Waals surface area contributed by atoms with E-state index in [-0.39, 0.29) is 12.4 Å². The Hall–Kier alpha value is -1.26. The Kier molecular flexibility index (Phi) is 2.90. The van der Waals surface area contributed by atoms with Crippen LogP contribution in [0.25, 0.3) is 0 Å². The summed E-state index contributed by atoms with van der Waals surface area (Å²) < 4.78 is 4.89. The molecule has 12 heavy (non-hydrogen) atoms. The lowest BCUT2D eigenvalue weighted by Gasteiger charge is -2.06. The van der Waals surface area contributed by atoms with Crippen molar-refractivity contribution >= 4 is 0 Å². The minimum absolute atomic E-state index is 0.0745. The summed E-state index contributed by atoms with van der Waals surface area (Å²) in [5, 5.41) is 9.46. The van der Waals surface area contributed by atoms with Gasteiger partial charge in [-0.15, -0.1) is 0 Å². The Morgan fingerprint density at radius 3 is 2.83 bits per heavy atom. The fraction of sp³-hybridized carbons (Fsp3) is 0.250. The predicted molar refractivity (Wildman–Crippen MR) is 43.6 cm³/mol. The number of benzene rings is 1. The third-order valence-electron chi connectivity index (χ3n) is 1.54. The van der Waals surface area contributed by atoms with E-state index in [1.54, 1.807) is 18.2 Å². The van der Waals surface area contributed by atoms with Crippen LogP contribution in [0.3, 0.4) is 0 Å². The van der Waals surface area contributed by atoms with Crippen molar-refractivity contribution in [2.24, 2.45) is 5.90 Å². The van der Waals surface area contributed by atoms with Gasteiger partial charge in [-0.05, 0) is 6.07 Å². The normalized spacial score (nSPS) is 9.83. The second kappa shape index (κ2) is 3.94. The van der Waals surface area contributed by atoms with Crippen LogP contribution in [0.2, 0.25) is 0 Å². The monoisotopic (exact) mass is 169 g/mol. The first-order valence-electron chi connectivity index (χ1n) is 3.46. The van der Waals surface area contributed by atoms with Gasteiger partial charge in [0.1, 0.15) is 0 Å². The lowest BCUT2D eigenvalue weighted by atomic mass is 10.2. The molecule has 0 atom stereocenters. The van der Waals surface area contributed by atoms with Crippen molar-refractivity contribution in [3.63, 3.8) is 0 Å². The maximum Gasteiger partial charge on any atom is 0.163 e. The topological polar surface area (TPSA) is 64.7 Å². The van der Waals surface area contributed by atoms with E-state index in [1.165, 1.54) is 7.11 Å². The zero-order chi connectivity index (χ0) is 8.97. The Balaban J connectivity index is 2.97. The van der Waals surface area contributed by atoms with E-state index in [0.29, 0.717) is 11.3 Å². The number of ether oxygens (including phenoxy) is 1. The molecule has 1 aromatic carbocycles. The molecule has 0 amide bonds. The van der Waals surface area contributed by atoms with Crippen molar-refractivity contribution < 1.29 is 14.7 Å². The molecule has 0 unspecified atom stereocenters. The summed E-state index contributed by atoms with van der Waals surface area (Å²) in [5.74, 6) is 5.36. The van der Waals surface area contributed by atoms with E-state index in [4.69, 9.17) is 10.6 Å². The molecule has 3 N–H and O–H groups in total. The lowest BCUT2D eigenvalue weighted by molar-refractivity contribution is 0.122. The van der Waals surface area contributed by atoms with Crippen LogP contribution in [-0.4, -0.2) is 12.2 Å². The molecule has 0 aliphatic rings. The first kappa shape index (κ1) is 8.83. The van der Waals surface area contributed by atoms with Gasteiger partial charge in [0, 0.05) is 5.56 Å². The number of aromatic hydroxyl groups is 1. The van der Waals surface area contributed by atoms with Crippen molar-refractivity contribution in [1.82, 2.24) is 0 Å². The summed E-state index contributed by atoms with van der Waals surface area (Å²) in [6.07, 6.45) is 0. The van der Waals surface area contributed by atoms with Crippen LogP contribution in [0.1, 0.15) is 5.56 Å². The van der Waals surface area contributed by atoms with Gasteiger partial charge in [-0.25, -0.2) is 5.90 Å². The van der Waals surface area contributed by atoms with Crippen LogP contribution in [-0.2, 0) is 11.4 Å². The number of phenols is 1. The largest absolute Gasteiger partial charge is 0.504 e. The van der Waals surface area contributed by atoms with Crippen molar-refractivity contribution in [2.75, 3.05) is 7.11 Å². The van der Waals surface area contributed by atoms with Crippen LogP contribution >= 0.6 is 0 Å². The second-order valence-corrected chi connectivity index (χ2v) is 2.28. The van der Waals surface area contributed by atoms with Crippen molar-refractivity contribution in [2.45, 2.75) is 6.61 Å². The van der Waals surface area contributed by atoms with E-state index >= 15 is 0 Å². The molecule has 0 saturated carbocycles. The van der Waals surface area contributed by atoms with Gasteiger partial charge >= 0.3 is 0 Å². The molecule has 0 aromatic heterocycles. The summed E-state index contributed by atoms with van der Waals surface area (Å²) in [6, 6.07) is 5.13. The number of methoxy groups -OCH3 is 1. The van der Waals surface area contributed by atoms with E-state index in [0.717, 1.165) is 0 Å². The molecule has 1 rings (SSSR count). The maximum absolute atomic E-state index is 9.46. The van der Waals surface area contributed by atoms with E-state index in [1.807, 2.05) is 0 Å². The number of phenolic OH excluding ortho intramolecular Hbond substituents is 1. The minimum Gasteiger partial charge on any atom is -0.504 e. The molecule has 0 spiro atoms. The Bertz CT molecular complexity index is 262. The Morgan fingerprint density at radius 2 is 2.25 bits per heavy atom. The van der Waals surface area contributed by atoms with E-state index < -0.39 is 0 Å². The quantitative estimate of drug-likeness (QED) is 0.656. The molecular weight excluding hydrogens is 158 g/mol. The zero-order valence-corrected chi connectivity index (χ0v) is 6.78. The van der Waals surface area contributed by atoms with Gasteiger partial charge in [0.05, 0.1) is 13.7 Å². The van der Waals surface area contributed by atoms with Gasteiger partial charge < -0.3 is 9.84 Å². The molecule has 0 bridgehead atoms. The minimum atomic E-state index is 0.0745. The smallest absolute Gasteiger partial charge is 0.163 e. The second-order valence-electron chi connectivity index (χ2n) is 2.28. The van der Waals surface area contributed by atoms with Gasteiger partial charge in [0.2, 0.25) is 0 Å². The molecule has 66 valence electrons. The molecular formula is C8H11NO3. The highest BCUT2D eigenvalue weighted by atomic mass is 16.6. The molecule has 0 aliphatic carbocycles. The molecule has 0 radical (unpaired) electrons. The molecule has 0 heterocycles. The molecule has 0 fully saturated rings. The van der Waals surface area contributed by atoms with Gasteiger partial charge in [-0.2, -0.15) is 0 Å². The molecule has 1 aromatic rings. The van der Waals surface area contributed by atoms with Crippen molar-refractivity contribution in [1.29, 1.82) is 0 Å². The van der Waals surface area contributed by atoms with Crippen molar-refractivity contribution in [3.05, 3.63) is 23.8 Å². The highest BCUT2D eigenvalue weighted by Crippen LogP contribution is 2.29. The fourth-order valence-electron chi connectivity index (χ4n) is 0.939. The SMILES string of the molecule is COc1cccc(CON)c1O. The molecule has 4 nitrogen and oxygen atoms in total. The van der Waals surface area contributed by atoms with E-state index in [2.05, 4.69) is 4.84 Å².